The van der Waals surface area contributed by atoms with Crippen LogP contribution in [0.15, 0.2) is 35.7 Å². The van der Waals surface area contributed by atoms with Crippen LogP contribution < -0.4 is 5.73 Å². The van der Waals surface area contributed by atoms with Gasteiger partial charge in [0.25, 0.3) is 0 Å². The van der Waals surface area contributed by atoms with Crippen molar-refractivity contribution < 1.29 is 0 Å². The maximum atomic E-state index is 6.07. The zero-order valence-corrected chi connectivity index (χ0v) is 11.2. The fourth-order valence-corrected chi connectivity index (χ4v) is 3.27. The van der Waals surface area contributed by atoms with E-state index in [4.69, 9.17) is 5.73 Å². The molecule has 0 spiro atoms. The number of benzene rings is 1. The Hall–Kier alpha value is -1.32. The van der Waals surface area contributed by atoms with Crippen LogP contribution in [0.3, 0.4) is 0 Å². The molecule has 0 atom stereocenters. The molecule has 0 saturated carbocycles. The van der Waals surface area contributed by atoms with Gasteiger partial charge in [-0.15, -0.1) is 11.3 Å². The lowest BCUT2D eigenvalue weighted by atomic mass is 9.98. The number of anilines is 1. The molecule has 0 fully saturated rings. The second-order valence-electron chi connectivity index (χ2n) is 4.84. The van der Waals surface area contributed by atoms with Crippen LogP contribution in [0.2, 0.25) is 0 Å². The molecule has 1 aromatic carbocycles. The van der Waals surface area contributed by atoms with Crippen LogP contribution in [-0.2, 0) is 19.4 Å². The SMILES string of the molecule is Nc1cccc2c1CN(CCc1cccs1)CC2. The fourth-order valence-electron chi connectivity index (χ4n) is 2.58. The largest absolute Gasteiger partial charge is 0.398 e. The molecule has 2 N–H and O–H groups in total. The van der Waals surface area contributed by atoms with E-state index in [1.807, 2.05) is 17.4 Å². The van der Waals surface area contributed by atoms with Crippen LogP contribution in [0.25, 0.3) is 0 Å². The number of hydrogen-bond acceptors (Lipinski definition) is 3. The first kappa shape index (κ1) is 11.8. The number of thiophene rings is 1. The van der Waals surface area contributed by atoms with Gasteiger partial charge in [-0.05, 0) is 41.5 Å². The van der Waals surface area contributed by atoms with Crippen LogP contribution in [0, 0.1) is 0 Å². The first-order valence-corrected chi connectivity index (χ1v) is 7.32. The summed E-state index contributed by atoms with van der Waals surface area (Å²) in [5.74, 6) is 0. The molecule has 2 nitrogen and oxygen atoms in total. The lowest BCUT2D eigenvalue weighted by molar-refractivity contribution is 0.258. The van der Waals surface area contributed by atoms with Crippen LogP contribution in [-0.4, -0.2) is 18.0 Å². The summed E-state index contributed by atoms with van der Waals surface area (Å²) >= 11 is 1.85. The average molecular weight is 258 g/mol. The predicted octanol–water partition coefficient (Wildman–Crippen LogP) is 2.93. The zero-order chi connectivity index (χ0) is 12.4. The molecule has 0 amide bonds. The van der Waals surface area contributed by atoms with E-state index < -0.39 is 0 Å². The summed E-state index contributed by atoms with van der Waals surface area (Å²) in [6.07, 6.45) is 2.28. The third-order valence-corrected chi connectivity index (χ3v) is 4.58. The molecule has 0 aliphatic carbocycles. The van der Waals surface area contributed by atoms with E-state index in [9.17, 15) is 0 Å². The molecule has 0 bridgehead atoms. The van der Waals surface area contributed by atoms with Crippen molar-refractivity contribution in [1.82, 2.24) is 4.90 Å². The van der Waals surface area contributed by atoms with Gasteiger partial charge in [0.1, 0.15) is 0 Å². The number of rotatable bonds is 3. The van der Waals surface area contributed by atoms with Gasteiger partial charge in [0, 0.05) is 30.2 Å². The van der Waals surface area contributed by atoms with Crippen molar-refractivity contribution in [1.29, 1.82) is 0 Å². The third-order valence-electron chi connectivity index (χ3n) is 3.64. The van der Waals surface area contributed by atoms with Crippen molar-refractivity contribution in [2.24, 2.45) is 0 Å². The summed E-state index contributed by atoms with van der Waals surface area (Å²) in [6, 6.07) is 10.6. The van der Waals surface area contributed by atoms with Crippen molar-refractivity contribution in [3.8, 4) is 0 Å². The minimum absolute atomic E-state index is 0.952. The highest BCUT2D eigenvalue weighted by Gasteiger charge is 2.17. The van der Waals surface area contributed by atoms with Crippen LogP contribution >= 0.6 is 11.3 Å². The summed E-state index contributed by atoms with van der Waals surface area (Å²) < 4.78 is 0. The molecule has 1 aromatic heterocycles. The van der Waals surface area contributed by atoms with Crippen molar-refractivity contribution in [3.63, 3.8) is 0 Å². The summed E-state index contributed by atoms with van der Waals surface area (Å²) in [5.41, 5.74) is 9.80. The zero-order valence-electron chi connectivity index (χ0n) is 10.4. The van der Waals surface area contributed by atoms with Gasteiger partial charge in [-0.25, -0.2) is 0 Å². The standard InChI is InChI=1S/C15H18N2S/c16-15-5-1-3-12-6-8-17(11-14(12)15)9-7-13-4-2-10-18-13/h1-5,10H,6-9,11,16H2. The van der Waals surface area contributed by atoms with Crippen molar-refractivity contribution >= 4 is 17.0 Å². The Morgan fingerprint density at radius 3 is 3.00 bits per heavy atom. The number of nitrogens with zero attached hydrogens (tertiary/aromatic N) is 1. The van der Waals surface area contributed by atoms with Crippen molar-refractivity contribution in [2.75, 3.05) is 18.8 Å². The van der Waals surface area contributed by atoms with Crippen molar-refractivity contribution in [2.45, 2.75) is 19.4 Å². The topological polar surface area (TPSA) is 29.3 Å². The number of hydrogen-bond donors (Lipinski definition) is 1. The Kier molecular flexibility index (Phi) is 3.35. The van der Waals surface area contributed by atoms with Gasteiger partial charge in [0.15, 0.2) is 0 Å². The molecule has 2 aromatic rings. The fraction of sp³-hybridized carbons (Fsp3) is 0.333. The molecule has 3 heteroatoms. The van der Waals surface area contributed by atoms with Gasteiger partial charge in [0.05, 0.1) is 0 Å². The van der Waals surface area contributed by atoms with Crippen LogP contribution in [0.4, 0.5) is 5.69 Å². The smallest absolute Gasteiger partial charge is 0.0362 e. The number of fused-ring (bicyclic) bond motifs is 1. The molecule has 0 saturated heterocycles. The molecule has 18 heavy (non-hydrogen) atoms. The van der Waals surface area contributed by atoms with Gasteiger partial charge in [0.2, 0.25) is 0 Å². The highest BCUT2D eigenvalue weighted by Crippen LogP contribution is 2.24. The summed E-state index contributed by atoms with van der Waals surface area (Å²) in [6.45, 7) is 3.30. The lowest BCUT2D eigenvalue weighted by Gasteiger charge is -2.29. The van der Waals surface area contributed by atoms with Gasteiger partial charge in [-0.3, -0.25) is 4.90 Å². The Morgan fingerprint density at radius 2 is 2.17 bits per heavy atom. The van der Waals surface area contributed by atoms with E-state index in [1.54, 1.807) is 0 Å². The van der Waals surface area contributed by atoms with E-state index in [1.165, 1.54) is 16.0 Å². The molecule has 3 rings (SSSR count). The highest BCUT2D eigenvalue weighted by atomic mass is 32.1. The maximum Gasteiger partial charge on any atom is 0.0362 e. The normalized spacial score (nSPS) is 15.6. The number of nitrogens with two attached hydrogens (primary N) is 1. The van der Waals surface area contributed by atoms with Gasteiger partial charge in [-0.1, -0.05) is 18.2 Å². The Morgan fingerprint density at radius 1 is 1.22 bits per heavy atom. The molecular weight excluding hydrogens is 240 g/mol. The number of nitrogen functional groups attached to an aromatic ring is 1. The molecule has 0 radical (unpaired) electrons. The quantitative estimate of drug-likeness (QED) is 0.858. The molecule has 1 aliphatic rings. The molecule has 94 valence electrons. The predicted molar refractivity (Wildman–Crippen MR) is 77.9 cm³/mol. The van der Waals surface area contributed by atoms with Gasteiger partial charge in [-0.2, -0.15) is 0 Å². The minimum Gasteiger partial charge on any atom is -0.398 e. The molecule has 1 aliphatic heterocycles. The second-order valence-corrected chi connectivity index (χ2v) is 5.87. The van der Waals surface area contributed by atoms with Crippen LogP contribution in [0.5, 0.6) is 0 Å². The van der Waals surface area contributed by atoms with E-state index >= 15 is 0 Å². The minimum atomic E-state index is 0.952. The van der Waals surface area contributed by atoms with Gasteiger partial charge < -0.3 is 5.73 Å². The van der Waals surface area contributed by atoms with Crippen molar-refractivity contribution in [3.05, 3.63) is 51.7 Å². The van der Waals surface area contributed by atoms with E-state index in [-0.39, 0.29) is 0 Å². The molecule has 0 unspecified atom stereocenters. The monoisotopic (exact) mass is 258 g/mol. The summed E-state index contributed by atoms with van der Waals surface area (Å²) in [4.78, 5) is 3.99. The Bertz CT molecular complexity index is 519. The van der Waals surface area contributed by atoms with Crippen LogP contribution in [0.1, 0.15) is 16.0 Å². The maximum absolute atomic E-state index is 6.07. The summed E-state index contributed by atoms with van der Waals surface area (Å²) in [5, 5.41) is 2.15. The van der Waals surface area contributed by atoms with E-state index in [0.717, 1.165) is 38.2 Å². The first-order chi connectivity index (χ1) is 8.83. The molecule has 2 heterocycles. The highest BCUT2D eigenvalue weighted by molar-refractivity contribution is 7.09. The third kappa shape index (κ3) is 2.42. The second kappa shape index (κ2) is 5.12. The Balaban J connectivity index is 1.66. The first-order valence-electron chi connectivity index (χ1n) is 6.44. The van der Waals surface area contributed by atoms with E-state index in [2.05, 4.69) is 34.5 Å². The average Bonchev–Trinajstić information content (AvgIpc) is 2.90. The van der Waals surface area contributed by atoms with Gasteiger partial charge >= 0.3 is 0 Å². The lowest BCUT2D eigenvalue weighted by Crippen LogP contribution is -2.32. The molecular formula is C15H18N2S. The van der Waals surface area contributed by atoms with E-state index in [0.29, 0.717) is 0 Å². The summed E-state index contributed by atoms with van der Waals surface area (Å²) in [7, 11) is 0. The Labute approximate surface area is 112 Å².